The van der Waals surface area contributed by atoms with Gasteiger partial charge in [0, 0.05) is 36.8 Å². The van der Waals surface area contributed by atoms with Crippen molar-refractivity contribution >= 4 is 75.8 Å². The van der Waals surface area contributed by atoms with Gasteiger partial charge in [0.2, 0.25) is 35.3 Å². The summed E-state index contributed by atoms with van der Waals surface area (Å²) in [7, 11) is 0. The third-order valence-corrected chi connectivity index (χ3v) is 13.9. The number of aliphatic hydroxyl groups excluding tert-OH is 3. The van der Waals surface area contributed by atoms with E-state index in [2.05, 4.69) is 63.4 Å². The molecule has 412 valence electrons. The number of thiazole rings is 1. The summed E-state index contributed by atoms with van der Waals surface area (Å²) >= 11 is 2.39. The first-order chi connectivity index (χ1) is 35.4. The molecule has 30 heteroatoms. The molecule has 3 aromatic heterocycles. The van der Waals surface area contributed by atoms with Crippen LogP contribution in [0.15, 0.2) is 34.8 Å². The minimum absolute atomic E-state index is 0.0455. The predicted molar refractivity (Wildman–Crippen MR) is 279 cm³/mol. The van der Waals surface area contributed by atoms with Gasteiger partial charge in [0.15, 0.2) is 0 Å². The fourth-order valence-corrected chi connectivity index (χ4v) is 9.13. The van der Waals surface area contributed by atoms with E-state index in [0.29, 0.717) is 28.7 Å². The van der Waals surface area contributed by atoms with Crippen molar-refractivity contribution in [3.05, 3.63) is 68.3 Å². The summed E-state index contributed by atoms with van der Waals surface area (Å²) in [6.07, 6.45) is -0.0379. The first-order valence-electron chi connectivity index (χ1n) is 23.9. The van der Waals surface area contributed by atoms with Crippen molar-refractivity contribution in [2.75, 3.05) is 45.0 Å². The molecule has 0 aromatic carbocycles. The zero-order valence-electron chi connectivity index (χ0n) is 41.8. The largest absolute Gasteiger partial charge is 0.396 e. The molecule has 10 atom stereocenters. The number of nitrogens with zero attached hydrogens (tertiary/aromatic N) is 4. The van der Waals surface area contributed by atoms with Crippen molar-refractivity contribution in [2.24, 2.45) is 46.2 Å². The molecule has 4 rings (SSSR count). The van der Waals surface area contributed by atoms with Crippen LogP contribution >= 0.6 is 23.1 Å². The van der Waals surface area contributed by atoms with Crippen molar-refractivity contribution in [1.29, 1.82) is 0 Å². The first-order valence-corrected chi connectivity index (χ1v) is 25.6. The molecular weight excluding hydrogens is 1020 g/mol. The third kappa shape index (κ3) is 16.3. The molecule has 0 bridgehead atoms. The van der Waals surface area contributed by atoms with Gasteiger partial charge in [-0.05, 0) is 64.1 Å². The minimum Gasteiger partial charge on any atom is -0.396 e. The van der Waals surface area contributed by atoms with Crippen LogP contribution in [0.3, 0.4) is 0 Å². The first kappa shape index (κ1) is 61.1. The smallest absolute Gasteiger partial charge is 0.270 e. The lowest BCUT2D eigenvalue weighted by Gasteiger charge is -2.45. The Morgan fingerprint density at radius 3 is 2.28 bits per heavy atom. The van der Waals surface area contributed by atoms with E-state index in [-0.39, 0.29) is 53.9 Å². The van der Waals surface area contributed by atoms with E-state index in [0.717, 1.165) is 32.4 Å². The Kier molecular flexibility index (Phi) is 23.1. The summed E-state index contributed by atoms with van der Waals surface area (Å²) in [4.78, 5) is 111. The van der Waals surface area contributed by atoms with Crippen LogP contribution < -0.4 is 72.0 Å². The van der Waals surface area contributed by atoms with Crippen LogP contribution in [-0.4, -0.2) is 151 Å². The number of primary amides is 2. The SMILES string of the molecule is C=C(CCNC(=O)[C@@H](NC(=O)[C@@H](C)[C@H](O)[C@@H](C)NC(=O)[C@H]([C@@H](O)c1cnc[nH]1)C1(N)C(=O)c2nc([C@H](CC(N)=O)NC[C@H](N)C(N)=O)nc(N)c21)[C@@H](C)O)S/C=C(\N)c1nc(C(=O)NCCCNCCCCN)cs1. The van der Waals surface area contributed by atoms with Crippen LogP contribution in [0.2, 0.25) is 0 Å². The second-order valence-electron chi connectivity index (χ2n) is 17.9. The van der Waals surface area contributed by atoms with Gasteiger partial charge in [-0.15, -0.1) is 23.1 Å². The van der Waals surface area contributed by atoms with Crippen molar-refractivity contribution < 1.29 is 48.9 Å². The van der Waals surface area contributed by atoms with Gasteiger partial charge in [-0.2, -0.15) is 0 Å². The number of H-pyrrole nitrogens is 1. The number of aromatic amines is 1. The molecule has 1 unspecified atom stereocenters. The zero-order chi connectivity index (χ0) is 55.7. The number of Topliss-reactive ketones (excluding diaryl/α,β-unsaturated/α-hetero) is 1. The number of unbranched alkanes of at least 4 members (excludes halogenated alkanes) is 1. The Bertz CT molecular complexity index is 2530. The Hall–Kier alpha value is -6.48. The number of ketones is 1. The second kappa shape index (κ2) is 28.4. The lowest BCUT2D eigenvalue weighted by atomic mass is 9.62. The topological polar surface area (TPSA) is 502 Å². The van der Waals surface area contributed by atoms with E-state index in [1.54, 1.807) is 10.8 Å². The number of aromatic nitrogens is 5. The monoisotopic (exact) mass is 1090 g/mol. The molecular formula is C45H70N18O10S2. The molecule has 3 heterocycles. The van der Waals surface area contributed by atoms with Crippen molar-refractivity contribution in [3.63, 3.8) is 0 Å². The number of fused-ring (bicyclic) bond motifs is 1. The molecule has 0 spiro atoms. The van der Waals surface area contributed by atoms with Crippen LogP contribution in [0.1, 0.15) is 108 Å². The van der Waals surface area contributed by atoms with Crippen LogP contribution in [-0.2, 0) is 29.5 Å². The molecule has 6 amide bonds. The lowest BCUT2D eigenvalue weighted by molar-refractivity contribution is -0.137. The molecule has 0 aliphatic heterocycles. The number of hydrogen-bond donors (Lipinski definition) is 17. The van der Waals surface area contributed by atoms with E-state index in [1.807, 2.05) is 0 Å². The Labute approximate surface area is 440 Å². The number of imidazole rings is 1. The maximum Gasteiger partial charge on any atom is 0.270 e. The highest BCUT2D eigenvalue weighted by Gasteiger charge is 2.62. The number of carbonyl (C=O) groups is 7. The quantitative estimate of drug-likeness (QED) is 0.0257. The maximum absolute atomic E-state index is 14.3. The minimum atomic E-state index is -2.40. The summed E-state index contributed by atoms with van der Waals surface area (Å²) in [5.74, 6) is -9.55. The van der Waals surface area contributed by atoms with Gasteiger partial charge in [-0.3, -0.25) is 33.6 Å². The van der Waals surface area contributed by atoms with Gasteiger partial charge >= 0.3 is 0 Å². The lowest BCUT2D eigenvalue weighted by Crippen LogP contribution is -2.65. The Morgan fingerprint density at radius 1 is 0.933 bits per heavy atom. The Morgan fingerprint density at radius 2 is 1.64 bits per heavy atom. The average Bonchev–Trinajstić information content (AvgIpc) is 4.10. The molecule has 0 saturated heterocycles. The van der Waals surface area contributed by atoms with Gasteiger partial charge in [0.05, 0.1) is 71.6 Å². The van der Waals surface area contributed by atoms with E-state index in [1.165, 1.54) is 56.4 Å². The van der Waals surface area contributed by atoms with Gasteiger partial charge < -0.3 is 92.3 Å². The molecule has 1 aliphatic carbocycles. The number of nitrogens with one attached hydrogen (secondary N) is 7. The zero-order valence-corrected chi connectivity index (χ0v) is 43.5. The predicted octanol–water partition coefficient (Wildman–Crippen LogP) is -4.22. The molecule has 28 nitrogen and oxygen atoms in total. The van der Waals surface area contributed by atoms with Crippen LogP contribution in [0, 0.1) is 11.8 Å². The fourth-order valence-electron chi connectivity index (χ4n) is 7.71. The van der Waals surface area contributed by atoms with Crippen LogP contribution in [0.4, 0.5) is 5.82 Å². The number of carbonyl (C=O) groups excluding carboxylic acids is 7. The van der Waals surface area contributed by atoms with E-state index < -0.39 is 107 Å². The molecule has 3 aromatic rings. The van der Waals surface area contributed by atoms with Crippen molar-refractivity contribution in [3.8, 4) is 0 Å². The third-order valence-electron chi connectivity index (χ3n) is 12.1. The van der Waals surface area contributed by atoms with Crippen molar-refractivity contribution in [2.45, 2.75) is 101 Å². The fraction of sp³-hybridized carbons (Fsp3) is 0.533. The normalized spacial score (nSPS) is 17.9. The number of rotatable bonds is 33. The maximum atomic E-state index is 14.3. The summed E-state index contributed by atoms with van der Waals surface area (Å²) in [6, 6.07) is -5.07. The summed E-state index contributed by atoms with van der Waals surface area (Å²) in [6.45, 7) is 10.5. The standard InChI is InChI=1S/C45H70N18O10S2/c1-20(74-17-25(48)44-60-28(18-75-44)41(71)55-12-7-11-53-10-6-5-9-46)8-13-56-43(73)32(23(4)64)62-40(70)21(2)34(66)22(3)59-42(72)31(35(67)27-16-54-19-58-27)45(52)30-33(36(45)68)61-39(63-37(30)50)26(14-29(49)65)57-15-24(47)38(51)69/h16-19,21-24,26,31-32,34-35,53,57,64,66-67H,1,5-15,46-48,52H2,2-4H3,(H2,49,65)(H2,51,69)(H,54,58)(H,55,71)(H,56,73)(H,59,72)(H,62,70)(H2,50,61,63)/b25-17-/t21-,22+,23+,24-,26-,31-,32-,34-,35-,45?/m0/s1. The van der Waals surface area contributed by atoms with Gasteiger partial charge in [0.1, 0.15) is 45.7 Å². The van der Waals surface area contributed by atoms with Gasteiger partial charge in [0.25, 0.3) is 5.91 Å². The van der Waals surface area contributed by atoms with Gasteiger partial charge in [-0.1, -0.05) is 13.5 Å². The number of hydrogen-bond acceptors (Lipinski definition) is 23. The van der Waals surface area contributed by atoms with Crippen LogP contribution in [0.5, 0.6) is 0 Å². The molecule has 1 aliphatic rings. The summed E-state index contributed by atoms with van der Waals surface area (Å²) in [5, 5.41) is 53.7. The number of aliphatic hydroxyl groups is 3. The molecule has 0 fully saturated rings. The van der Waals surface area contributed by atoms with E-state index in [4.69, 9.17) is 40.1 Å². The molecule has 0 saturated carbocycles. The van der Waals surface area contributed by atoms with Gasteiger partial charge in [-0.25, -0.2) is 19.9 Å². The number of nitrogen functional groups attached to an aromatic ring is 1. The number of nitrogens with two attached hydrogens (primary N) is 7. The highest BCUT2D eigenvalue weighted by Crippen LogP contribution is 2.48. The second-order valence-corrected chi connectivity index (χ2v) is 19.8. The highest BCUT2D eigenvalue weighted by atomic mass is 32.2. The molecule has 75 heavy (non-hydrogen) atoms. The number of amides is 6. The number of anilines is 1. The van der Waals surface area contributed by atoms with E-state index in [9.17, 15) is 48.9 Å². The average molecular weight is 1090 g/mol. The van der Waals surface area contributed by atoms with Crippen LogP contribution in [0.25, 0.3) is 5.70 Å². The molecule has 0 radical (unpaired) electrons. The Balaban J connectivity index is 1.35. The summed E-state index contributed by atoms with van der Waals surface area (Å²) < 4.78 is 0. The summed E-state index contributed by atoms with van der Waals surface area (Å²) in [5.41, 5.74) is 38.7. The highest BCUT2D eigenvalue weighted by molar-refractivity contribution is 8.05. The number of thioether (sulfide) groups is 1. The van der Waals surface area contributed by atoms with Crippen molar-refractivity contribution in [1.82, 2.24) is 56.8 Å². The molecule has 24 N–H and O–H groups in total. The van der Waals surface area contributed by atoms with E-state index >= 15 is 0 Å².